The molecule has 0 aliphatic heterocycles. The highest BCUT2D eigenvalue weighted by molar-refractivity contribution is 6.33. The maximum absolute atomic E-state index is 2.44. The van der Waals surface area contributed by atoms with E-state index in [0.717, 1.165) is 45.3 Å². The Morgan fingerprint density at radius 1 is 0.191 bits per heavy atom. The number of rotatable bonds is 10. The van der Waals surface area contributed by atoms with E-state index in [2.05, 4.69) is 289 Å². The second kappa shape index (κ2) is 17.8. The van der Waals surface area contributed by atoms with Crippen molar-refractivity contribution in [2.75, 3.05) is 9.80 Å². The van der Waals surface area contributed by atoms with E-state index in [1.165, 1.54) is 65.7 Å². The summed E-state index contributed by atoms with van der Waals surface area (Å²) in [6.45, 7) is 0. The molecule has 0 N–H and O–H groups in total. The first kappa shape index (κ1) is 40.5. The molecule has 0 aromatic heterocycles. The van der Waals surface area contributed by atoms with E-state index < -0.39 is 0 Å². The van der Waals surface area contributed by atoms with Crippen molar-refractivity contribution in [2.45, 2.75) is 0 Å². The van der Waals surface area contributed by atoms with Crippen molar-refractivity contribution < 1.29 is 0 Å². The second-order valence-electron chi connectivity index (χ2n) is 17.2. The first-order chi connectivity index (χ1) is 33.8. The van der Waals surface area contributed by atoms with Gasteiger partial charge in [-0.15, -0.1) is 0 Å². The summed E-state index contributed by atoms with van der Waals surface area (Å²) >= 11 is 0. The van der Waals surface area contributed by atoms with Crippen molar-refractivity contribution in [2.24, 2.45) is 0 Å². The molecule has 12 aromatic rings. The average Bonchev–Trinajstić information content (AvgIpc) is 3.42. The Labute approximate surface area is 397 Å². The first-order valence-corrected chi connectivity index (χ1v) is 23.3. The quantitative estimate of drug-likeness (QED) is 0.126. The number of nitrogens with zero attached hydrogens (tertiary/aromatic N) is 2. The Morgan fingerprint density at radius 2 is 0.544 bits per heavy atom. The summed E-state index contributed by atoms with van der Waals surface area (Å²) in [6, 6.07) is 101. The molecule has 0 fully saturated rings. The largest absolute Gasteiger partial charge is 0.311 e. The van der Waals surface area contributed by atoms with Gasteiger partial charge in [-0.3, -0.25) is 0 Å². The Bertz CT molecular complexity index is 3590. The van der Waals surface area contributed by atoms with Crippen LogP contribution in [0.1, 0.15) is 0 Å². The van der Waals surface area contributed by atoms with E-state index in [1.807, 2.05) is 0 Å². The third kappa shape index (κ3) is 7.45. The zero-order chi connectivity index (χ0) is 45.2. The van der Waals surface area contributed by atoms with Gasteiger partial charge in [-0.2, -0.15) is 0 Å². The van der Waals surface area contributed by atoms with Gasteiger partial charge in [0.25, 0.3) is 0 Å². The van der Waals surface area contributed by atoms with Crippen molar-refractivity contribution in [3.8, 4) is 44.5 Å². The van der Waals surface area contributed by atoms with Crippen molar-refractivity contribution in [1.82, 2.24) is 0 Å². The maximum atomic E-state index is 2.44. The van der Waals surface area contributed by atoms with E-state index in [1.54, 1.807) is 0 Å². The average molecular weight is 867 g/mol. The molecule has 12 rings (SSSR count). The molecular formula is C66H46N2. The van der Waals surface area contributed by atoms with E-state index >= 15 is 0 Å². The zero-order valence-corrected chi connectivity index (χ0v) is 37.5. The molecule has 68 heavy (non-hydrogen) atoms. The highest BCUT2D eigenvalue weighted by Crippen LogP contribution is 2.51. The Kier molecular flexibility index (Phi) is 10.6. The van der Waals surface area contributed by atoms with E-state index in [-0.39, 0.29) is 0 Å². The van der Waals surface area contributed by atoms with Gasteiger partial charge in [0.15, 0.2) is 0 Å². The minimum atomic E-state index is 1.09. The van der Waals surface area contributed by atoms with E-state index in [4.69, 9.17) is 0 Å². The lowest BCUT2D eigenvalue weighted by molar-refractivity contribution is 1.28. The fraction of sp³-hybridized carbons (Fsp3) is 0. The van der Waals surface area contributed by atoms with Gasteiger partial charge in [0.05, 0.1) is 0 Å². The normalized spacial score (nSPS) is 11.2. The third-order valence-corrected chi connectivity index (χ3v) is 13.2. The molecule has 0 unspecified atom stereocenters. The van der Waals surface area contributed by atoms with Crippen LogP contribution >= 0.6 is 0 Å². The highest BCUT2D eigenvalue weighted by atomic mass is 15.1. The molecule has 0 saturated carbocycles. The van der Waals surface area contributed by atoms with Crippen LogP contribution in [0.2, 0.25) is 0 Å². The molecule has 0 aliphatic rings. The molecule has 0 amide bonds. The van der Waals surface area contributed by atoms with Crippen LogP contribution in [0.5, 0.6) is 0 Å². The number of hydrogen-bond acceptors (Lipinski definition) is 2. The van der Waals surface area contributed by atoms with Crippen molar-refractivity contribution in [3.63, 3.8) is 0 Å². The van der Waals surface area contributed by atoms with Crippen LogP contribution < -0.4 is 9.80 Å². The monoisotopic (exact) mass is 866 g/mol. The number of para-hydroxylation sites is 4. The highest BCUT2D eigenvalue weighted by Gasteiger charge is 2.23. The molecule has 0 heterocycles. The van der Waals surface area contributed by atoms with Crippen molar-refractivity contribution in [1.29, 1.82) is 0 Å². The molecule has 2 nitrogen and oxygen atoms in total. The molecule has 0 bridgehead atoms. The van der Waals surface area contributed by atoms with E-state index in [9.17, 15) is 0 Å². The van der Waals surface area contributed by atoms with Gasteiger partial charge in [-0.25, -0.2) is 0 Å². The predicted molar refractivity (Wildman–Crippen MR) is 290 cm³/mol. The summed E-state index contributed by atoms with van der Waals surface area (Å²) in [6.07, 6.45) is 0. The summed E-state index contributed by atoms with van der Waals surface area (Å²) in [5.74, 6) is 0. The van der Waals surface area contributed by atoms with Gasteiger partial charge in [0.1, 0.15) is 0 Å². The van der Waals surface area contributed by atoms with Gasteiger partial charge >= 0.3 is 0 Å². The molecule has 320 valence electrons. The summed E-state index contributed by atoms with van der Waals surface area (Å²) in [4.78, 5) is 4.69. The van der Waals surface area contributed by atoms with Crippen LogP contribution in [0.15, 0.2) is 279 Å². The molecule has 0 spiro atoms. The van der Waals surface area contributed by atoms with Crippen molar-refractivity contribution >= 4 is 66.4 Å². The lowest BCUT2D eigenvalue weighted by Crippen LogP contribution is -2.09. The number of hydrogen-bond donors (Lipinski definition) is 0. The second-order valence-corrected chi connectivity index (χ2v) is 17.2. The van der Waals surface area contributed by atoms with Gasteiger partial charge in [-0.1, -0.05) is 194 Å². The Balaban J connectivity index is 1.16. The number of anilines is 6. The van der Waals surface area contributed by atoms with Gasteiger partial charge < -0.3 is 9.80 Å². The molecular weight excluding hydrogens is 821 g/mol. The van der Waals surface area contributed by atoms with Crippen LogP contribution in [-0.2, 0) is 0 Å². The van der Waals surface area contributed by atoms with Gasteiger partial charge in [0, 0.05) is 34.1 Å². The molecule has 0 aliphatic carbocycles. The van der Waals surface area contributed by atoms with Crippen LogP contribution in [0.3, 0.4) is 0 Å². The number of fused-ring (bicyclic) bond motifs is 6. The standard InChI is InChI=1S/C66H46N2/c1-8-22-48(23-9-1)60-46-61(49-24-10-2-11-25-49)65-58-42-38-51(47-36-39-56(40-37-47)67(52-28-14-4-15-29-52)53-30-16-5-17-31-53)44-62(58)63-45-57(41-43-59(63)66(65)64(60)50-26-12-3-13-27-50)68(54-32-18-6-19-33-54)55-34-20-7-21-35-55/h1-46H. The first-order valence-electron chi connectivity index (χ1n) is 23.3. The third-order valence-electron chi connectivity index (χ3n) is 13.2. The predicted octanol–water partition coefficient (Wildman–Crippen LogP) is 18.8. The van der Waals surface area contributed by atoms with Gasteiger partial charge in [0.2, 0.25) is 0 Å². The van der Waals surface area contributed by atoms with Gasteiger partial charge in [-0.05, 0) is 162 Å². The fourth-order valence-electron chi connectivity index (χ4n) is 10.1. The zero-order valence-electron chi connectivity index (χ0n) is 37.5. The smallest absolute Gasteiger partial charge is 0.0468 e. The van der Waals surface area contributed by atoms with Crippen LogP contribution in [0.25, 0.3) is 76.8 Å². The summed E-state index contributed by atoms with van der Waals surface area (Å²) in [7, 11) is 0. The van der Waals surface area contributed by atoms with E-state index in [0.29, 0.717) is 0 Å². The lowest BCUT2D eigenvalue weighted by Gasteiger charge is -2.27. The minimum absolute atomic E-state index is 1.09. The molecule has 2 heteroatoms. The summed E-state index contributed by atoms with van der Waals surface area (Å²) < 4.78 is 0. The Hall–Kier alpha value is -8.98. The fourth-order valence-corrected chi connectivity index (χ4v) is 10.1. The van der Waals surface area contributed by atoms with Crippen LogP contribution in [0.4, 0.5) is 34.1 Å². The Morgan fingerprint density at radius 3 is 1.04 bits per heavy atom. The topological polar surface area (TPSA) is 6.48 Å². The number of benzene rings is 12. The van der Waals surface area contributed by atoms with Crippen molar-refractivity contribution in [3.05, 3.63) is 279 Å². The molecule has 0 saturated heterocycles. The molecule has 0 radical (unpaired) electrons. The lowest BCUT2D eigenvalue weighted by atomic mass is 9.81. The SMILES string of the molecule is c1ccc(-c2cc(-c3ccccc3)c3c4ccc(-c5ccc(N(c6ccccc6)c6ccccc6)cc5)cc4c4cc(N(c5ccccc5)c5ccccc5)ccc4c3c2-c2ccccc2)cc1. The van der Waals surface area contributed by atoms with Crippen LogP contribution in [0, 0.1) is 0 Å². The maximum Gasteiger partial charge on any atom is 0.0468 e. The summed E-state index contributed by atoms with van der Waals surface area (Å²) in [5.41, 5.74) is 16.2. The molecule has 0 atom stereocenters. The summed E-state index contributed by atoms with van der Waals surface area (Å²) in [5, 5.41) is 7.31. The molecule has 12 aromatic carbocycles. The minimum Gasteiger partial charge on any atom is -0.311 e. The van der Waals surface area contributed by atoms with Crippen LogP contribution in [-0.4, -0.2) is 0 Å².